The highest BCUT2D eigenvalue weighted by Crippen LogP contribution is 2.27. The van der Waals surface area contributed by atoms with Gasteiger partial charge in [-0.15, -0.1) is 0 Å². The normalized spacial score (nSPS) is 11.1. The third-order valence-corrected chi connectivity index (χ3v) is 5.18. The van der Waals surface area contributed by atoms with E-state index in [1.54, 1.807) is 55.6 Å². The van der Waals surface area contributed by atoms with Gasteiger partial charge in [0.25, 0.3) is 11.8 Å². The first kappa shape index (κ1) is 25.0. The van der Waals surface area contributed by atoms with Crippen molar-refractivity contribution in [2.24, 2.45) is 0 Å². The molecule has 190 valence electrons. The Hall–Kier alpha value is -5.06. The molecule has 0 radical (unpaired) electrons. The lowest BCUT2D eigenvalue weighted by atomic mass is 10.1. The first-order chi connectivity index (χ1) is 18.0. The molecular formula is C26H24N4O7. The number of carbonyl (C=O) groups is 2. The average molecular weight is 504 g/mol. The lowest BCUT2D eigenvalue weighted by molar-refractivity contribution is -0.118. The molecule has 0 unspecified atom stereocenters. The van der Waals surface area contributed by atoms with E-state index in [-0.39, 0.29) is 23.7 Å². The molecule has 2 N–H and O–H groups in total. The summed E-state index contributed by atoms with van der Waals surface area (Å²) in [5.74, 6) is 1.34. The van der Waals surface area contributed by atoms with Crippen LogP contribution in [0.1, 0.15) is 22.0 Å². The van der Waals surface area contributed by atoms with Crippen molar-refractivity contribution in [3.63, 3.8) is 0 Å². The van der Waals surface area contributed by atoms with Gasteiger partial charge in [-0.25, -0.2) is 0 Å². The van der Waals surface area contributed by atoms with Crippen LogP contribution in [0.15, 0.2) is 75.5 Å². The summed E-state index contributed by atoms with van der Waals surface area (Å²) in [6, 6.07) is 15.1. The molecule has 2 aromatic heterocycles. The first-order valence-corrected chi connectivity index (χ1v) is 11.0. The van der Waals surface area contributed by atoms with Gasteiger partial charge >= 0.3 is 0 Å². The molecule has 0 saturated heterocycles. The average Bonchev–Trinajstić information content (AvgIpc) is 3.63. The van der Waals surface area contributed by atoms with E-state index < -0.39 is 11.8 Å². The standard InChI is InChI=1S/C26H24N4O7/c1-33-18-9-6-16(7-10-18)24-29-23(37-30-24)15-27-26(32)20(14-19-5-4-12-36-19)28-25(31)17-8-11-21(34-2)22(13-17)35-3/h4-14H,15H2,1-3H3,(H,27,32)(H,28,31)/b20-14-. The molecule has 2 heterocycles. The maximum Gasteiger partial charge on any atom is 0.268 e. The summed E-state index contributed by atoms with van der Waals surface area (Å²) in [6.07, 6.45) is 2.86. The highest BCUT2D eigenvalue weighted by Gasteiger charge is 2.18. The molecule has 0 aliphatic heterocycles. The molecule has 0 aliphatic rings. The molecule has 11 heteroatoms. The van der Waals surface area contributed by atoms with Crippen LogP contribution < -0.4 is 24.8 Å². The van der Waals surface area contributed by atoms with Gasteiger partial charge in [-0.05, 0) is 54.6 Å². The maximum atomic E-state index is 13.0. The fourth-order valence-electron chi connectivity index (χ4n) is 3.28. The van der Waals surface area contributed by atoms with E-state index in [0.717, 1.165) is 5.56 Å². The van der Waals surface area contributed by atoms with E-state index in [4.69, 9.17) is 23.2 Å². The molecule has 2 amide bonds. The van der Waals surface area contributed by atoms with Gasteiger partial charge in [-0.3, -0.25) is 9.59 Å². The third-order valence-electron chi connectivity index (χ3n) is 5.18. The fourth-order valence-corrected chi connectivity index (χ4v) is 3.28. The van der Waals surface area contributed by atoms with Crippen LogP contribution in [0.3, 0.4) is 0 Å². The molecule has 2 aromatic carbocycles. The number of amides is 2. The van der Waals surface area contributed by atoms with Gasteiger partial charge in [0.2, 0.25) is 11.7 Å². The van der Waals surface area contributed by atoms with Crippen LogP contribution >= 0.6 is 0 Å². The summed E-state index contributed by atoms with van der Waals surface area (Å²) >= 11 is 0. The summed E-state index contributed by atoms with van der Waals surface area (Å²) in [4.78, 5) is 30.2. The number of ether oxygens (including phenoxy) is 3. The molecule has 0 bridgehead atoms. The highest BCUT2D eigenvalue weighted by atomic mass is 16.5. The van der Waals surface area contributed by atoms with E-state index in [0.29, 0.717) is 28.8 Å². The van der Waals surface area contributed by atoms with Crippen LogP contribution in [0.25, 0.3) is 17.5 Å². The minimum absolute atomic E-state index is 0.0513. The molecule has 0 saturated carbocycles. The maximum absolute atomic E-state index is 13.0. The zero-order chi connectivity index (χ0) is 26.2. The second kappa shape index (κ2) is 11.6. The minimum atomic E-state index is -0.588. The molecule has 4 aromatic rings. The number of rotatable bonds is 10. The Balaban J connectivity index is 1.47. The monoisotopic (exact) mass is 504 g/mol. The van der Waals surface area contributed by atoms with Crippen LogP contribution in [-0.4, -0.2) is 43.3 Å². The molecule has 4 rings (SSSR count). The predicted molar refractivity (Wildman–Crippen MR) is 132 cm³/mol. The smallest absolute Gasteiger partial charge is 0.268 e. The Morgan fingerprint density at radius 3 is 2.43 bits per heavy atom. The van der Waals surface area contributed by atoms with Crippen LogP contribution in [0, 0.1) is 0 Å². The topological polar surface area (TPSA) is 138 Å². The zero-order valence-corrected chi connectivity index (χ0v) is 20.3. The Bertz CT molecular complexity index is 1390. The quantitative estimate of drug-likeness (QED) is 0.311. The zero-order valence-electron chi connectivity index (χ0n) is 20.3. The number of furan rings is 1. The van der Waals surface area contributed by atoms with Crippen molar-refractivity contribution in [1.29, 1.82) is 0 Å². The second-order valence-corrected chi connectivity index (χ2v) is 7.52. The van der Waals surface area contributed by atoms with E-state index in [2.05, 4.69) is 20.8 Å². The summed E-state index contributed by atoms with van der Waals surface area (Å²) in [7, 11) is 4.54. The van der Waals surface area contributed by atoms with Gasteiger partial charge in [-0.2, -0.15) is 4.98 Å². The van der Waals surface area contributed by atoms with Gasteiger partial charge in [0, 0.05) is 17.2 Å². The molecule has 0 atom stereocenters. The minimum Gasteiger partial charge on any atom is -0.497 e. The Morgan fingerprint density at radius 1 is 0.973 bits per heavy atom. The lowest BCUT2D eigenvalue weighted by Crippen LogP contribution is -2.34. The van der Waals surface area contributed by atoms with Crippen molar-refractivity contribution in [1.82, 2.24) is 20.8 Å². The van der Waals surface area contributed by atoms with Crippen LogP contribution in [0.4, 0.5) is 0 Å². The number of hydrogen-bond donors (Lipinski definition) is 2. The molecule has 37 heavy (non-hydrogen) atoms. The van der Waals surface area contributed by atoms with Crippen molar-refractivity contribution in [2.45, 2.75) is 6.54 Å². The van der Waals surface area contributed by atoms with Gasteiger partial charge < -0.3 is 33.8 Å². The molecular weight excluding hydrogens is 480 g/mol. The first-order valence-electron chi connectivity index (χ1n) is 11.0. The van der Waals surface area contributed by atoms with Crippen molar-refractivity contribution < 1.29 is 32.7 Å². The molecule has 0 aliphatic carbocycles. The number of nitrogens with one attached hydrogen (secondary N) is 2. The highest BCUT2D eigenvalue weighted by molar-refractivity contribution is 6.05. The summed E-state index contributed by atoms with van der Waals surface area (Å²) in [5.41, 5.74) is 0.934. The van der Waals surface area contributed by atoms with Crippen molar-refractivity contribution in [3.8, 4) is 28.6 Å². The Labute approximate surface area is 212 Å². The van der Waals surface area contributed by atoms with Crippen LogP contribution in [-0.2, 0) is 11.3 Å². The lowest BCUT2D eigenvalue weighted by Gasteiger charge is -2.12. The van der Waals surface area contributed by atoms with E-state index >= 15 is 0 Å². The number of hydrogen-bond acceptors (Lipinski definition) is 9. The van der Waals surface area contributed by atoms with E-state index in [9.17, 15) is 9.59 Å². The molecule has 0 spiro atoms. The van der Waals surface area contributed by atoms with Gasteiger partial charge in [0.05, 0.1) is 34.1 Å². The van der Waals surface area contributed by atoms with Gasteiger partial charge in [0.1, 0.15) is 17.2 Å². The summed E-state index contributed by atoms with van der Waals surface area (Å²) in [5, 5.41) is 9.23. The van der Waals surface area contributed by atoms with E-state index in [1.807, 2.05) is 0 Å². The van der Waals surface area contributed by atoms with Crippen molar-refractivity contribution in [2.75, 3.05) is 21.3 Å². The van der Waals surface area contributed by atoms with Crippen molar-refractivity contribution in [3.05, 3.63) is 83.8 Å². The third kappa shape index (κ3) is 6.14. The van der Waals surface area contributed by atoms with E-state index in [1.165, 1.54) is 32.6 Å². The number of methoxy groups -OCH3 is 3. The number of nitrogens with zero attached hydrogens (tertiary/aromatic N) is 2. The Morgan fingerprint density at radius 2 is 1.76 bits per heavy atom. The SMILES string of the molecule is COc1ccc(-c2noc(CNC(=O)/C(=C/c3ccco3)NC(=O)c3ccc(OC)c(OC)c3)n2)cc1. The van der Waals surface area contributed by atoms with Crippen molar-refractivity contribution >= 4 is 17.9 Å². The number of carbonyl (C=O) groups excluding carboxylic acids is 2. The van der Waals surface area contributed by atoms with Gasteiger partial charge in [-0.1, -0.05) is 5.16 Å². The molecule has 0 fully saturated rings. The summed E-state index contributed by atoms with van der Waals surface area (Å²) in [6.45, 7) is -0.0658. The van der Waals surface area contributed by atoms with Crippen LogP contribution in [0.2, 0.25) is 0 Å². The van der Waals surface area contributed by atoms with Crippen LogP contribution in [0.5, 0.6) is 17.2 Å². The predicted octanol–water partition coefficient (Wildman–Crippen LogP) is 3.44. The fraction of sp³-hybridized carbons (Fsp3) is 0.154. The Kier molecular flexibility index (Phi) is 7.84. The molecule has 11 nitrogen and oxygen atoms in total. The number of benzene rings is 2. The second-order valence-electron chi connectivity index (χ2n) is 7.52. The van der Waals surface area contributed by atoms with Gasteiger partial charge in [0.15, 0.2) is 11.5 Å². The largest absolute Gasteiger partial charge is 0.497 e. The number of aromatic nitrogens is 2. The summed E-state index contributed by atoms with van der Waals surface area (Å²) < 4.78 is 26.2.